The van der Waals surface area contributed by atoms with Gasteiger partial charge in [-0.1, -0.05) is 0 Å². The fraction of sp³-hybridized carbons (Fsp3) is 0.273. The van der Waals surface area contributed by atoms with Gasteiger partial charge in [-0.25, -0.2) is 0 Å². The van der Waals surface area contributed by atoms with E-state index >= 15 is 0 Å². The molecule has 0 radical (unpaired) electrons. The Bertz CT molecular complexity index is 244. The standard InChI is InChI=1S/C11H14OSe/c1-2-12-9-6-10-13-11-7-4-3-5-8-11/h3-8,10H,2,9H2,1H3/b10-6-. The molecular weight excluding hydrogens is 227 g/mol. The van der Waals surface area contributed by atoms with Crippen LogP contribution in [0.15, 0.2) is 41.4 Å². The molecule has 0 aliphatic carbocycles. The number of benzene rings is 1. The van der Waals surface area contributed by atoms with Crippen LogP contribution < -0.4 is 4.46 Å². The van der Waals surface area contributed by atoms with Crippen LogP contribution in [0.25, 0.3) is 0 Å². The van der Waals surface area contributed by atoms with Crippen LogP contribution in [0.3, 0.4) is 0 Å². The predicted octanol–water partition coefficient (Wildman–Crippen LogP) is 1.57. The molecule has 1 nitrogen and oxygen atoms in total. The molecule has 0 saturated heterocycles. The molecule has 1 aromatic carbocycles. The maximum atomic E-state index is 5.19. The van der Waals surface area contributed by atoms with Gasteiger partial charge in [0.2, 0.25) is 0 Å². The van der Waals surface area contributed by atoms with Crippen molar-refractivity contribution in [2.45, 2.75) is 6.92 Å². The van der Waals surface area contributed by atoms with Crippen LogP contribution >= 0.6 is 0 Å². The first-order valence-corrected chi connectivity index (χ1v) is 6.22. The van der Waals surface area contributed by atoms with Crippen molar-refractivity contribution in [1.29, 1.82) is 0 Å². The molecule has 0 atom stereocenters. The Hall–Kier alpha value is -0.561. The summed E-state index contributed by atoms with van der Waals surface area (Å²) in [6.45, 7) is 3.55. The van der Waals surface area contributed by atoms with Gasteiger partial charge in [0.15, 0.2) is 0 Å². The topological polar surface area (TPSA) is 9.23 Å². The van der Waals surface area contributed by atoms with E-state index in [4.69, 9.17) is 4.74 Å². The molecular formula is C11H14OSe. The number of rotatable bonds is 5. The third-order valence-corrected chi connectivity index (χ3v) is 3.29. The summed E-state index contributed by atoms with van der Waals surface area (Å²) in [7, 11) is 0. The van der Waals surface area contributed by atoms with Gasteiger partial charge in [0.25, 0.3) is 0 Å². The first-order valence-electron chi connectivity index (χ1n) is 4.38. The summed E-state index contributed by atoms with van der Waals surface area (Å²) in [6, 6.07) is 10.5. The van der Waals surface area contributed by atoms with E-state index in [-0.39, 0.29) is 0 Å². The van der Waals surface area contributed by atoms with E-state index in [0.717, 1.165) is 13.2 Å². The summed E-state index contributed by atoms with van der Waals surface area (Å²) < 4.78 is 6.60. The zero-order valence-electron chi connectivity index (χ0n) is 7.77. The van der Waals surface area contributed by atoms with Crippen molar-refractivity contribution in [2.75, 3.05) is 13.2 Å². The van der Waals surface area contributed by atoms with Crippen molar-refractivity contribution in [3.8, 4) is 0 Å². The third kappa shape index (κ3) is 4.89. The van der Waals surface area contributed by atoms with E-state index in [1.165, 1.54) is 4.46 Å². The molecule has 70 valence electrons. The molecule has 0 heterocycles. The average molecular weight is 241 g/mol. The molecule has 1 aromatic rings. The van der Waals surface area contributed by atoms with Crippen LogP contribution in [0.1, 0.15) is 6.92 Å². The first kappa shape index (κ1) is 10.5. The Kier molecular flexibility index (Phi) is 5.59. The van der Waals surface area contributed by atoms with Gasteiger partial charge >= 0.3 is 85.7 Å². The Morgan fingerprint density at radius 2 is 2.08 bits per heavy atom. The fourth-order valence-corrected chi connectivity index (χ4v) is 2.21. The second-order valence-corrected chi connectivity index (χ2v) is 4.52. The third-order valence-electron chi connectivity index (χ3n) is 1.46. The monoisotopic (exact) mass is 242 g/mol. The van der Waals surface area contributed by atoms with Crippen LogP contribution in [-0.4, -0.2) is 28.2 Å². The van der Waals surface area contributed by atoms with Crippen molar-refractivity contribution < 1.29 is 4.74 Å². The van der Waals surface area contributed by atoms with Crippen LogP contribution in [0.2, 0.25) is 0 Å². The van der Waals surface area contributed by atoms with Gasteiger partial charge in [0.1, 0.15) is 0 Å². The van der Waals surface area contributed by atoms with Crippen LogP contribution in [0.5, 0.6) is 0 Å². The quantitative estimate of drug-likeness (QED) is 0.561. The molecule has 0 bridgehead atoms. The van der Waals surface area contributed by atoms with E-state index in [0.29, 0.717) is 15.0 Å². The Morgan fingerprint density at radius 3 is 2.77 bits per heavy atom. The summed E-state index contributed by atoms with van der Waals surface area (Å²) in [6.07, 6.45) is 2.09. The minimum absolute atomic E-state index is 0.457. The van der Waals surface area contributed by atoms with E-state index in [1.54, 1.807) is 0 Å². The van der Waals surface area contributed by atoms with Crippen LogP contribution in [0.4, 0.5) is 0 Å². The van der Waals surface area contributed by atoms with Gasteiger partial charge in [0.05, 0.1) is 0 Å². The summed E-state index contributed by atoms with van der Waals surface area (Å²) in [5, 5.41) is 0. The van der Waals surface area contributed by atoms with Gasteiger partial charge in [-0.3, -0.25) is 0 Å². The molecule has 0 unspecified atom stereocenters. The van der Waals surface area contributed by atoms with Crippen molar-refractivity contribution in [1.82, 2.24) is 0 Å². The van der Waals surface area contributed by atoms with Crippen molar-refractivity contribution >= 4 is 19.4 Å². The van der Waals surface area contributed by atoms with E-state index in [2.05, 4.69) is 35.3 Å². The predicted molar refractivity (Wildman–Crippen MR) is 57.5 cm³/mol. The molecule has 0 spiro atoms. The van der Waals surface area contributed by atoms with Crippen molar-refractivity contribution in [3.05, 3.63) is 41.4 Å². The van der Waals surface area contributed by atoms with Gasteiger partial charge in [0, 0.05) is 0 Å². The Balaban J connectivity index is 2.23. The van der Waals surface area contributed by atoms with Gasteiger partial charge in [-0.05, 0) is 0 Å². The fourth-order valence-electron chi connectivity index (χ4n) is 0.851. The van der Waals surface area contributed by atoms with E-state index in [1.807, 2.05) is 13.0 Å². The second kappa shape index (κ2) is 6.90. The van der Waals surface area contributed by atoms with Gasteiger partial charge in [-0.15, -0.1) is 0 Å². The maximum absolute atomic E-state index is 5.19. The Morgan fingerprint density at radius 1 is 1.31 bits per heavy atom. The second-order valence-electron chi connectivity index (χ2n) is 2.46. The zero-order valence-corrected chi connectivity index (χ0v) is 9.49. The SMILES string of the molecule is CCOC/C=C\[Se]c1ccccc1. The normalized spacial score (nSPS) is 10.8. The number of ether oxygens (including phenoxy) is 1. The summed E-state index contributed by atoms with van der Waals surface area (Å²) in [4.78, 5) is 2.21. The minimum atomic E-state index is 0.457. The molecule has 1 rings (SSSR count). The van der Waals surface area contributed by atoms with E-state index < -0.39 is 0 Å². The molecule has 0 aromatic heterocycles. The number of hydrogen-bond donors (Lipinski definition) is 0. The molecule has 0 aliphatic heterocycles. The summed E-state index contributed by atoms with van der Waals surface area (Å²) in [5.41, 5.74) is 0. The Labute approximate surface area is 86.0 Å². The molecule has 0 N–H and O–H groups in total. The summed E-state index contributed by atoms with van der Waals surface area (Å²) in [5.74, 6) is 0. The molecule has 2 heteroatoms. The van der Waals surface area contributed by atoms with Gasteiger partial charge in [-0.2, -0.15) is 0 Å². The van der Waals surface area contributed by atoms with Crippen molar-refractivity contribution in [2.24, 2.45) is 0 Å². The molecule has 0 aliphatic rings. The van der Waals surface area contributed by atoms with Crippen LogP contribution in [-0.2, 0) is 4.74 Å². The molecule has 0 fully saturated rings. The zero-order chi connectivity index (χ0) is 9.36. The molecule has 13 heavy (non-hydrogen) atoms. The van der Waals surface area contributed by atoms with Gasteiger partial charge < -0.3 is 0 Å². The summed E-state index contributed by atoms with van der Waals surface area (Å²) >= 11 is 0.457. The average Bonchev–Trinajstić information content (AvgIpc) is 2.19. The number of hydrogen-bond acceptors (Lipinski definition) is 1. The first-order chi connectivity index (χ1) is 6.43. The van der Waals surface area contributed by atoms with Crippen molar-refractivity contribution in [3.63, 3.8) is 0 Å². The van der Waals surface area contributed by atoms with E-state index in [9.17, 15) is 0 Å². The van der Waals surface area contributed by atoms with Crippen LogP contribution in [0, 0.1) is 0 Å². The molecule has 0 amide bonds. The molecule has 0 saturated carbocycles.